The van der Waals surface area contributed by atoms with Crippen molar-refractivity contribution < 1.29 is 14.3 Å². The summed E-state index contributed by atoms with van der Waals surface area (Å²) in [6.45, 7) is 1.53. The highest BCUT2D eigenvalue weighted by atomic mass is 79.9. The molecule has 0 unspecified atom stereocenters. The first-order valence-electron chi connectivity index (χ1n) is 7.11. The van der Waals surface area contributed by atoms with Crippen molar-refractivity contribution in [2.45, 2.75) is 13.0 Å². The molecule has 1 aliphatic rings. The summed E-state index contributed by atoms with van der Waals surface area (Å²) >= 11 is 3.38. The maximum Gasteiger partial charge on any atom is 0.224 e. The molecule has 0 aliphatic carbocycles. The van der Waals surface area contributed by atoms with E-state index < -0.39 is 0 Å². The third-order valence-electron chi connectivity index (χ3n) is 3.40. The molecule has 2 aromatic rings. The fourth-order valence-electron chi connectivity index (χ4n) is 2.32. The maximum atomic E-state index is 12.0. The summed E-state index contributed by atoms with van der Waals surface area (Å²) in [5.41, 5.74) is 1.91. The Balaban J connectivity index is 1.60. The highest BCUT2D eigenvalue weighted by Gasteiger charge is 2.15. The molecule has 114 valence electrons. The monoisotopic (exact) mass is 361 g/mol. The summed E-state index contributed by atoms with van der Waals surface area (Å²) in [7, 11) is 0. The molecule has 1 amide bonds. The number of ether oxygens (including phenoxy) is 2. The van der Waals surface area contributed by atoms with Gasteiger partial charge in [-0.3, -0.25) is 4.79 Å². The van der Waals surface area contributed by atoms with E-state index in [1.807, 2.05) is 42.5 Å². The molecule has 0 atom stereocenters. The Kier molecular flexibility index (Phi) is 4.63. The number of hydrogen-bond donors (Lipinski definition) is 1. The van der Waals surface area contributed by atoms with Crippen molar-refractivity contribution in [2.75, 3.05) is 13.2 Å². The van der Waals surface area contributed by atoms with Gasteiger partial charge in [0.1, 0.15) is 13.2 Å². The highest BCUT2D eigenvalue weighted by Crippen LogP contribution is 2.33. The Morgan fingerprint density at radius 3 is 2.68 bits per heavy atom. The standard InChI is InChI=1S/C17H16BrNO3/c18-14-6-4-12(5-7-14)10-16(20)19-11-13-2-1-3-15-17(13)22-9-8-21-15/h1-7H,8-11H2,(H,19,20). The number of benzene rings is 2. The lowest BCUT2D eigenvalue weighted by Gasteiger charge is -2.21. The number of para-hydroxylation sites is 1. The molecule has 0 saturated heterocycles. The van der Waals surface area contributed by atoms with Gasteiger partial charge in [0, 0.05) is 16.6 Å². The predicted octanol–water partition coefficient (Wildman–Crippen LogP) is 3.08. The van der Waals surface area contributed by atoms with Crippen LogP contribution in [-0.4, -0.2) is 19.1 Å². The van der Waals surface area contributed by atoms with Crippen LogP contribution in [0.4, 0.5) is 0 Å². The molecule has 1 N–H and O–H groups in total. The normalized spacial score (nSPS) is 12.8. The number of amides is 1. The van der Waals surface area contributed by atoms with Crippen molar-refractivity contribution in [3.05, 3.63) is 58.1 Å². The van der Waals surface area contributed by atoms with Gasteiger partial charge >= 0.3 is 0 Å². The lowest BCUT2D eigenvalue weighted by Crippen LogP contribution is -2.25. The second-order valence-electron chi connectivity index (χ2n) is 5.02. The first kappa shape index (κ1) is 14.9. The number of hydrogen-bond acceptors (Lipinski definition) is 3. The second-order valence-corrected chi connectivity index (χ2v) is 5.94. The largest absolute Gasteiger partial charge is 0.486 e. The topological polar surface area (TPSA) is 47.6 Å². The summed E-state index contributed by atoms with van der Waals surface area (Å²) in [5, 5.41) is 2.93. The Morgan fingerprint density at radius 1 is 1.09 bits per heavy atom. The van der Waals surface area contributed by atoms with Gasteiger partial charge in [-0.25, -0.2) is 0 Å². The predicted molar refractivity (Wildman–Crippen MR) is 87.1 cm³/mol. The SMILES string of the molecule is O=C(Cc1ccc(Br)cc1)NCc1cccc2c1OCCO2. The average molecular weight is 362 g/mol. The van der Waals surface area contributed by atoms with E-state index in [4.69, 9.17) is 9.47 Å². The molecule has 0 bridgehead atoms. The van der Waals surface area contributed by atoms with Gasteiger partial charge in [-0.15, -0.1) is 0 Å². The fraction of sp³-hybridized carbons (Fsp3) is 0.235. The number of rotatable bonds is 4. The summed E-state index contributed by atoms with van der Waals surface area (Å²) in [4.78, 5) is 12.0. The van der Waals surface area contributed by atoms with Crippen LogP contribution in [0.5, 0.6) is 11.5 Å². The minimum atomic E-state index is -0.0170. The molecule has 4 nitrogen and oxygen atoms in total. The maximum absolute atomic E-state index is 12.0. The highest BCUT2D eigenvalue weighted by molar-refractivity contribution is 9.10. The van der Waals surface area contributed by atoms with Gasteiger partial charge in [-0.05, 0) is 23.8 Å². The van der Waals surface area contributed by atoms with E-state index >= 15 is 0 Å². The molecule has 0 saturated carbocycles. The molecule has 5 heteroatoms. The number of carbonyl (C=O) groups excluding carboxylic acids is 1. The number of nitrogens with one attached hydrogen (secondary N) is 1. The summed E-state index contributed by atoms with van der Waals surface area (Å²) in [6, 6.07) is 13.5. The average Bonchev–Trinajstić information content (AvgIpc) is 2.55. The van der Waals surface area contributed by atoms with Crippen molar-refractivity contribution in [1.29, 1.82) is 0 Å². The molecular weight excluding hydrogens is 346 g/mol. The van der Waals surface area contributed by atoms with Gasteiger partial charge in [-0.1, -0.05) is 40.2 Å². The molecule has 1 heterocycles. The van der Waals surface area contributed by atoms with Gasteiger partial charge in [-0.2, -0.15) is 0 Å². The van der Waals surface area contributed by atoms with E-state index in [0.29, 0.717) is 26.2 Å². The van der Waals surface area contributed by atoms with E-state index in [1.54, 1.807) is 0 Å². The molecule has 1 aliphatic heterocycles. The first-order chi connectivity index (χ1) is 10.7. The van der Waals surface area contributed by atoms with E-state index in [1.165, 1.54) is 0 Å². The van der Waals surface area contributed by atoms with E-state index in [9.17, 15) is 4.79 Å². The van der Waals surface area contributed by atoms with Crippen molar-refractivity contribution in [3.8, 4) is 11.5 Å². The third-order valence-corrected chi connectivity index (χ3v) is 3.93. The van der Waals surface area contributed by atoms with Crippen LogP contribution in [-0.2, 0) is 17.8 Å². The third kappa shape index (κ3) is 3.60. The Hall–Kier alpha value is -2.01. The van der Waals surface area contributed by atoms with Crippen LogP contribution in [0.25, 0.3) is 0 Å². The van der Waals surface area contributed by atoms with Gasteiger partial charge in [0.05, 0.1) is 6.42 Å². The fourth-order valence-corrected chi connectivity index (χ4v) is 2.58. The van der Waals surface area contributed by atoms with Crippen LogP contribution < -0.4 is 14.8 Å². The zero-order chi connectivity index (χ0) is 15.4. The van der Waals surface area contributed by atoms with E-state index in [-0.39, 0.29) is 5.91 Å². The Labute approximate surface area is 137 Å². The molecule has 0 aromatic heterocycles. The van der Waals surface area contributed by atoms with Crippen LogP contribution in [0, 0.1) is 0 Å². The lowest BCUT2D eigenvalue weighted by atomic mass is 10.1. The molecule has 22 heavy (non-hydrogen) atoms. The zero-order valence-corrected chi connectivity index (χ0v) is 13.6. The first-order valence-corrected chi connectivity index (χ1v) is 7.90. The smallest absolute Gasteiger partial charge is 0.224 e. The van der Waals surface area contributed by atoms with Crippen LogP contribution in [0.3, 0.4) is 0 Å². The minimum absolute atomic E-state index is 0.0170. The van der Waals surface area contributed by atoms with E-state index in [2.05, 4.69) is 21.2 Å². The van der Waals surface area contributed by atoms with Crippen LogP contribution in [0.2, 0.25) is 0 Å². The molecule has 0 radical (unpaired) electrons. The molecular formula is C17H16BrNO3. The lowest BCUT2D eigenvalue weighted by molar-refractivity contribution is -0.120. The number of carbonyl (C=O) groups is 1. The van der Waals surface area contributed by atoms with Crippen molar-refractivity contribution >= 4 is 21.8 Å². The van der Waals surface area contributed by atoms with Crippen LogP contribution in [0.15, 0.2) is 46.9 Å². The van der Waals surface area contributed by atoms with Crippen molar-refractivity contribution in [2.24, 2.45) is 0 Å². The molecule has 0 fully saturated rings. The van der Waals surface area contributed by atoms with Crippen molar-refractivity contribution in [1.82, 2.24) is 5.32 Å². The van der Waals surface area contributed by atoms with E-state index in [0.717, 1.165) is 27.1 Å². The van der Waals surface area contributed by atoms with Gasteiger partial charge in [0.2, 0.25) is 5.91 Å². The summed E-state index contributed by atoms with van der Waals surface area (Å²) in [5.74, 6) is 1.46. The summed E-state index contributed by atoms with van der Waals surface area (Å²) < 4.78 is 12.2. The quantitative estimate of drug-likeness (QED) is 0.910. The minimum Gasteiger partial charge on any atom is -0.486 e. The van der Waals surface area contributed by atoms with Gasteiger partial charge < -0.3 is 14.8 Å². The Morgan fingerprint density at radius 2 is 1.86 bits per heavy atom. The van der Waals surface area contributed by atoms with Crippen LogP contribution in [0.1, 0.15) is 11.1 Å². The summed E-state index contributed by atoms with van der Waals surface area (Å²) in [6.07, 6.45) is 0.361. The zero-order valence-electron chi connectivity index (χ0n) is 12.0. The number of fused-ring (bicyclic) bond motifs is 1. The Bertz CT molecular complexity index is 670. The number of halogens is 1. The molecule has 2 aromatic carbocycles. The van der Waals surface area contributed by atoms with Gasteiger partial charge in [0.15, 0.2) is 11.5 Å². The van der Waals surface area contributed by atoms with Crippen molar-refractivity contribution in [3.63, 3.8) is 0 Å². The van der Waals surface area contributed by atoms with Gasteiger partial charge in [0.25, 0.3) is 0 Å². The van der Waals surface area contributed by atoms with Crippen LogP contribution >= 0.6 is 15.9 Å². The molecule has 0 spiro atoms. The second kappa shape index (κ2) is 6.83. The molecule has 3 rings (SSSR count).